The molecule has 0 bridgehead atoms. The van der Waals surface area contributed by atoms with Crippen LogP contribution in [0.5, 0.6) is 0 Å². The molecule has 20 heavy (non-hydrogen) atoms. The summed E-state index contributed by atoms with van der Waals surface area (Å²) >= 11 is 0. The largest absolute Gasteiger partial charge is 0.416 e. The second kappa shape index (κ2) is 5.54. The highest BCUT2D eigenvalue weighted by Crippen LogP contribution is 2.35. The minimum Gasteiger partial charge on any atom is -0.397 e. The summed E-state index contributed by atoms with van der Waals surface area (Å²) in [7, 11) is 0. The summed E-state index contributed by atoms with van der Waals surface area (Å²) < 4.78 is 37.8. The maximum Gasteiger partial charge on any atom is 0.416 e. The van der Waals surface area contributed by atoms with Crippen molar-refractivity contribution in [1.82, 2.24) is 0 Å². The van der Waals surface area contributed by atoms with Gasteiger partial charge in [-0.15, -0.1) is 0 Å². The summed E-state index contributed by atoms with van der Waals surface area (Å²) in [6, 6.07) is 3.79. The maximum atomic E-state index is 12.6. The van der Waals surface area contributed by atoms with E-state index >= 15 is 0 Å². The van der Waals surface area contributed by atoms with Gasteiger partial charge in [-0.1, -0.05) is 13.8 Å². The lowest BCUT2D eigenvalue weighted by molar-refractivity contribution is -0.137. The van der Waals surface area contributed by atoms with Gasteiger partial charge in [0, 0.05) is 6.04 Å². The first-order valence-corrected chi connectivity index (χ1v) is 7.00. The van der Waals surface area contributed by atoms with Gasteiger partial charge in [-0.3, -0.25) is 0 Å². The number of benzene rings is 1. The third-order valence-electron chi connectivity index (χ3n) is 4.15. The molecular formula is C15H21F3N2. The molecule has 2 rings (SSSR count). The molecule has 0 saturated heterocycles. The second-order valence-electron chi connectivity index (χ2n) is 5.95. The fourth-order valence-electron chi connectivity index (χ4n) is 2.95. The zero-order chi connectivity index (χ0) is 14.9. The highest BCUT2D eigenvalue weighted by atomic mass is 19.4. The Labute approximate surface area is 117 Å². The SMILES string of the molecule is CC1CCC(Nc2ccc(C(F)(F)F)cc2N)C(C)C1. The van der Waals surface area contributed by atoms with Crippen LogP contribution in [0.25, 0.3) is 0 Å². The highest BCUT2D eigenvalue weighted by molar-refractivity contribution is 5.67. The molecule has 0 aromatic heterocycles. The van der Waals surface area contributed by atoms with E-state index in [2.05, 4.69) is 19.2 Å². The number of rotatable bonds is 2. The molecule has 0 aliphatic heterocycles. The van der Waals surface area contributed by atoms with E-state index in [9.17, 15) is 13.2 Å². The van der Waals surface area contributed by atoms with Gasteiger partial charge in [0.1, 0.15) is 0 Å². The molecule has 3 unspecified atom stereocenters. The fraction of sp³-hybridized carbons (Fsp3) is 0.600. The average Bonchev–Trinajstić information content (AvgIpc) is 2.33. The molecule has 5 heteroatoms. The van der Waals surface area contributed by atoms with Crippen molar-refractivity contribution in [3.63, 3.8) is 0 Å². The van der Waals surface area contributed by atoms with Crippen LogP contribution in [0.4, 0.5) is 24.5 Å². The lowest BCUT2D eigenvalue weighted by Crippen LogP contribution is -2.33. The molecule has 1 aliphatic carbocycles. The number of nitrogen functional groups attached to an aromatic ring is 1. The predicted molar refractivity (Wildman–Crippen MR) is 75.4 cm³/mol. The van der Waals surface area contributed by atoms with E-state index in [4.69, 9.17) is 5.73 Å². The first-order chi connectivity index (χ1) is 9.27. The van der Waals surface area contributed by atoms with Gasteiger partial charge in [-0.25, -0.2) is 0 Å². The third-order valence-corrected chi connectivity index (χ3v) is 4.15. The molecule has 0 radical (unpaired) electrons. The van der Waals surface area contributed by atoms with E-state index in [1.165, 1.54) is 6.07 Å². The smallest absolute Gasteiger partial charge is 0.397 e. The van der Waals surface area contributed by atoms with E-state index in [0.717, 1.165) is 31.4 Å². The topological polar surface area (TPSA) is 38.0 Å². The van der Waals surface area contributed by atoms with E-state index in [0.29, 0.717) is 17.5 Å². The summed E-state index contributed by atoms with van der Waals surface area (Å²) in [5, 5.41) is 3.31. The lowest BCUT2D eigenvalue weighted by Gasteiger charge is -2.34. The Morgan fingerprint density at radius 1 is 1.20 bits per heavy atom. The van der Waals surface area contributed by atoms with Crippen LogP contribution in [0.15, 0.2) is 18.2 Å². The van der Waals surface area contributed by atoms with Gasteiger partial charge in [-0.2, -0.15) is 13.2 Å². The van der Waals surface area contributed by atoms with Crippen molar-refractivity contribution in [2.45, 2.75) is 45.3 Å². The molecule has 2 nitrogen and oxygen atoms in total. The Bertz CT molecular complexity index is 471. The summed E-state index contributed by atoms with van der Waals surface area (Å²) in [6.45, 7) is 4.41. The molecule has 3 N–H and O–H groups in total. The number of halogens is 3. The van der Waals surface area contributed by atoms with Gasteiger partial charge >= 0.3 is 6.18 Å². The molecule has 0 amide bonds. The van der Waals surface area contributed by atoms with E-state index in [1.807, 2.05) is 0 Å². The fourth-order valence-corrected chi connectivity index (χ4v) is 2.95. The summed E-state index contributed by atoms with van der Waals surface area (Å²) in [4.78, 5) is 0. The van der Waals surface area contributed by atoms with Crippen molar-refractivity contribution in [1.29, 1.82) is 0 Å². The van der Waals surface area contributed by atoms with E-state index < -0.39 is 11.7 Å². The van der Waals surface area contributed by atoms with Crippen molar-refractivity contribution in [2.24, 2.45) is 11.8 Å². The highest BCUT2D eigenvalue weighted by Gasteiger charge is 2.31. The van der Waals surface area contributed by atoms with Crippen LogP contribution in [0.3, 0.4) is 0 Å². The Hall–Kier alpha value is -1.39. The molecule has 0 heterocycles. The maximum absolute atomic E-state index is 12.6. The summed E-state index contributed by atoms with van der Waals surface area (Å²) in [5.41, 5.74) is 5.80. The van der Waals surface area contributed by atoms with Crippen LogP contribution in [0, 0.1) is 11.8 Å². The van der Waals surface area contributed by atoms with Crippen LogP contribution >= 0.6 is 0 Å². The zero-order valence-corrected chi connectivity index (χ0v) is 11.8. The van der Waals surface area contributed by atoms with Crippen molar-refractivity contribution in [3.05, 3.63) is 23.8 Å². The van der Waals surface area contributed by atoms with Crippen LogP contribution in [0.2, 0.25) is 0 Å². The van der Waals surface area contributed by atoms with Crippen molar-refractivity contribution < 1.29 is 13.2 Å². The standard InChI is InChI=1S/C15H21F3N2/c1-9-3-5-13(10(2)7-9)20-14-6-4-11(8-12(14)19)15(16,17)18/h4,6,8-10,13,20H,3,5,7,19H2,1-2H3. The van der Waals surface area contributed by atoms with Crippen LogP contribution in [0.1, 0.15) is 38.7 Å². The van der Waals surface area contributed by atoms with E-state index in [1.54, 1.807) is 0 Å². The first-order valence-electron chi connectivity index (χ1n) is 7.00. The van der Waals surface area contributed by atoms with Crippen LogP contribution < -0.4 is 11.1 Å². The van der Waals surface area contributed by atoms with Crippen molar-refractivity contribution in [3.8, 4) is 0 Å². The van der Waals surface area contributed by atoms with Gasteiger partial charge in [0.2, 0.25) is 0 Å². The second-order valence-corrected chi connectivity index (χ2v) is 5.95. The minimum atomic E-state index is -4.35. The summed E-state index contributed by atoms with van der Waals surface area (Å²) in [6.07, 6.45) is -1.04. The van der Waals surface area contributed by atoms with Crippen molar-refractivity contribution in [2.75, 3.05) is 11.1 Å². The van der Waals surface area contributed by atoms with Gasteiger partial charge in [0.25, 0.3) is 0 Å². The molecule has 1 fully saturated rings. The minimum absolute atomic E-state index is 0.158. The molecule has 1 aromatic rings. The Balaban J connectivity index is 2.10. The molecule has 3 atom stereocenters. The molecular weight excluding hydrogens is 265 g/mol. The van der Waals surface area contributed by atoms with Gasteiger partial charge < -0.3 is 11.1 Å². The number of hydrogen-bond acceptors (Lipinski definition) is 2. The van der Waals surface area contributed by atoms with E-state index in [-0.39, 0.29) is 11.7 Å². The first kappa shape index (κ1) is 15.0. The van der Waals surface area contributed by atoms with Crippen molar-refractivity contribution >= 4 is 11.4 Å². The molecule has 1 aromatic carbocycles. The molecule has 0 spiro atoms. The molecule has 112 valence electrons. The monoisotopic (exact) mass is 286 g/mol. The van der Waals surface area contributed by atoms with Gasteiger partial charge in [0.05, 0.1) is 16.9 Å². The van der Waals surface area contributed by atoms with Crippen LogP contribution in [-0.4, -0.2) is 6.04 Å². The average molecular weight is 286 g/mol. The third kappa shape index (κ3) is 3.38. The number of anilines is 2. The number of nitrogens with one attached hydrogen (secondary N) is 1. The van der Waals surface area contributed by atoms with Crippen LogP contribution in [-0.2, 0) is 6.18 Å². The quantitative estimate of drug-likeness (QED) is 0.784. The normalized spacial score (nSPS) is 27.4. The molecule has 1 saturated carbocycles. The Morgan fingerprint density at radius 2 is 1.90 bits per heavy atom. The number of hydrogen-bond donors (Lipinski definition) is 2. The predicted octanol–water partition coefficient (Wildman–Crippen LogP) is 4.52. The zero-order valence-electron chi connectivity index (χ0n) is 11.8. The Morgan fingerprint density at radius 3 is 2.45 bits per heavy atom. The number of nitrogens with two attached hydrogens (primary N) is 1. The lowest BCUT2D eigenvalue weighted by atomic mass is 9.80. The number of alkyl halides is 3. The van der Waals surface area contributed by atoms with Gasteiger partial charge in [-0.05, 0) is 49.3 Å². The Kier molecular flexibility index (Phi) is 4.16. The summed E-state index contributed by atoms with van der Waals surface area (Å²) in [5.74, 6) is 1.22. The van der Waals surface area contributed by atoms with Gasteiger partial charge in [0.15, 0.2) is 0 Å². The molecule has 1 aliphatic rings.